The van der Waals surface area contributed by atoms with Crippen molar-refractivity contribution in [1.29, 1.82) is 0 Å². The SMILES string of the molecule is CCc1nccn1CC(=O)N1CCC[C@@H]1c1nc(N(C)C)ncc1-c1cccc(Cl)c1. The number of aryl methyl sites for hydroxylation is 1. The Morgan fingerprint density at radius 3 is 2.87 bits per heavy atom. The largest absolute Gasteiger partial charge is 0.347 e. The number of carbonyl (C=O) groups excluding carboxylic acids is 1. The van der Waals surface area contributed by atoms with Gasteiger partial charge in [-0.2, -0.15) is 0 Å². The molecular formula is C23H27ClN6O. The first kappa shape index (κ1) is 21.3. The third kappa shape index (κ3) is 4.42. The molecule has 4 rings (SSSR count). The van der Waals surface area contributed by atoms with Crippen LogP contribution in [-0.4, -0.2) is 51.0 Å². The molecule has 0 radical (unpaired) electrons. The minimum atomic E-state index is -0.100. The van der Waals surface area contributed by atoms with Crippen LogP contribution < -0.4 is 4.90 Å². The molecule has 0 unspecified atom stereocenters. The molecule has 1 aliphatic heterocycles. The molecule has 1 amide bonds. The molecule has 0 aliphatic carbocycles. The number of rotatable bonds is 6. The van der Waals surface area contributed by atoms with Gasteiger partial charge in [0.2, 0.25) is 11.9 Å². The third-order valence-electron chi connectivity index (χ3n) is 5.65. The fourth-order valence-corrected chi connectivity index (χ4v) is 4.31. The van der Waals surface area contributed by atoms with Gasteiger partial charge in [0, 0.05) is 56.2 Å². The Labute approximate surface area is 187 Å². The van der Waals surface area contributed by atoms with Gasteiger partial charge in [-0.15, -0.1) is 0 Å². The summed E-state index contributed by atoms with van der Waals surface area (Å²) < 4.78 is 1.93. The number of halogens is 1. The molecule has 7 nitrogen and oxygen atoms in total. The molecular weight excluding hydrogens is 412 g/mol. The van der Waals surface area contributed by atoms with E-state index in [0.29, 0.717) is 11.0 Å². The first-order chi connectivity index (χ1) is 15.0. The fourth-order valence-electron chi connectivity index (χ4n) is 4.12. The van der Waals surface area contributed by atoms with Crippen molar-refractivity contribution in [2.45, 2.75) is 38.8 Å². The number of hydrogen-bond donors (Lipinski definition) is 0. The number of carbonyl (C=O) groups is 1. The highest BCUT2D eigenvalue weighted by molar-refractivity contribution is 6.30. The summed E-state index contributed by atoms with van der Waals surface area (Å²) in [6, 6.07) is 7.59. The zero-order valence-electron chi connectivity index (χ0n) is 18.1. The van der Waals surface area contributed by atoms with Gasteiger partial charge in [0.05, 0.1) is 11.7 Å². The van der Waals surface area contributed by atoms with Crippen molar-refractivity contribution in [3.05, 3.63) is 59.4 Å². The molecule has 31 heavy (non-hydrogen) atoms. The second kappa shape index (κ2) is 9.06. The van der Waals surface area contributed by atoms with Crippen LogP contribution in [0.15, 0.2) is 42.9 Å². The van der Waals surface area contributed by atoms with Crippen molar-refractivity contribution in [2.75, 3.05) is 25.5 Å². The summed E-state index contributed by atoms with van der Waals surface area (Å²) in [7, 11) is 3.84. The lowest BCUT2D eigenvalue weighted by atomic mass is 10.00. The lowest BCUT2D eigenvalue weighted by molar-refractivity contribution is -0.132. The quantitative estimate of drug-likeness (QED) is 0.582. The van der Waals surface area contributed by atoms with Crippen LogP contribution in [0.2, 0.25) is 5.02 Å². The van der Waals surface area contributed by atoms with Gasteiger partial charge in [0.1, 0.15) is 12.4 Å². The van der Waals surface area contributed by atoms with Gasteiger partial charge in [-0.05, 0) is 30.5 Å². The molecule has 8 heteroatoms. The Kier molecular flexibility index (Phi) is 6.23. The summed E-state index contributed by atoms with van der Waals surface area (Å²) in [5.41, 5.74) is 2.73. The molecule has 1 atom stereocenters. The van der Waals surface area contributed by atoms with E-state index in [9.17, 15) is 4.79 Å². The van der Waals surface area contributed by atoms with Gasteiger partial charge >= 0.3 is 0 Å². The smallest absolute Gasteiger partial charge is 0.243 e. The molecule has 1 aliphatic rings. The number of likely N-dealkylation sites (tertiary alicyclic amines) is 1. The fraction of sp³-hybridized carbons (Fsp3) is 0.391. The minimum absolute atomic E-state index is 0.0808. The first-order valence-corrected chi connectivity index (χ1v) is 11.0. The van der Waals surface area contributed by atoms with Crippen LogP contribution in [0.1, 0.15) is 37.3 Å². The van der Waals surface area contributed by atoms with Gasteiger partial charge in [-0.1, -0.05) is 30.7 Å². The highest BCUT2D eigenvalue weighted by Crippen LogP contribution is 2.37. The van der Waals surface area contributed by atoms with Crippen molar-refractivity contribution >= 4 is 23.5 Å². The summed E-state index contributed by atoms with van der Waals surface area (Å²) >= 11 is 6.25. The maximum Gasteiger partial charge on any atom is 0.243 e. The van der Waals surface area contributed by atoms with E-state index in [1.54, 1.807) is 6.20 Å². The number of nitrogens with zero attached hydrogens (tertiary/aromatic N) is 6. The molecule has 1 aromatic carbocycles. The van der Waals surface area contributed by atoms with E-state index in [-0.39, 0.29) is 18.5 Å². The lowest BCUT2D eigenvalue weighted by Crippen LogP contribution is -2.34. The van der Waals surface area contributed by atoms with Crippen molar-refractivity contribution < 1.29 is 4.79 Å². The predicted octanol–water partition coefficient (Wildman–Crippen LogP) is 3.99. The number of anilines is 1. The summed E-state index contributed by atoms with van der Waals surface area (Å²) in [5.74, 6) is 1.63. The van der Waals surface area contributed by atoms with E-state index in [4.69, 9.17) is 16.6 Å². The van der Waals surface area contributed by atoms with E-state index in [1.807, 2.05) is 72.0 Å². The summed E-state index contributed by atoms with van der Waals surface area (Å²) in [6.07, 6.45) is 8.06. The van der Waals surface area contributed by atoms with E-state index in [2.05, 4.69) is 9.97 Å². The highest BCUT2D eigenvalue weighted by atomic mass is 35.5. The monoisotopic (exact) mass is 438 g/mol. The Balaban J connectivity index is 1.71. The number of amides is 1. The Morgan fingerprint density at radius 1 is 1.29 bits per heavy atom. The standard InChI is InChI=1S/C23H27ClN6O/c1-4-20-25-10-12-29(20)15-21(31)30-11-6-9-19(30)22-18(14-26-23(27-22)28(2)3)16-7-5-8-17(24)13-16/h5,7-8,10,12-14,19H,4,6,9,11,15H2,1-3H3/t19-/m1/s1. The third-order valence-corrected chi connectivity index (χ3v) is 5.89. The predicted molar refractivity (Wildman–Crippen MR) is 122 cm³/mol. The number of aromatic nitrogens is 4. The molecule has 0 saturated carbocycles. The zero-order chi connectivity index (χ0) is 22.0. The average Bonchev–Trinajstić information content (AvgIpc) is 3.42. The van der Waals surface area contributed by atoms with Gasteiger partial charge in [-0.25, -0.2) is 15.0 Å². The maximum atomic E-state index is 13.3. The Hall–Kier alpha value is -2.93. The summed E-state index contributed by atoms with van der Waals surface area (Å²) in [5, 5.41) is 0.659. The van der Waals surface area contributed by atoms with Crippen molar-refractivity contribution in [2.24, 2.45) is 0 Å². The van der Waals surface area contributed by atoms with Crippen LogP contribution in [0.25, 0.3) is 11.1 Å². The van der Waals surface area contributed by atoms with E-state index < -0.39 is 0 Å². The second-order valence-corrected chi connectivity index (χ2v) is 8.38. The second-order valence-electron chi connectivity index (χ2n) is 7.94. The van der Waals surface area contributed by atoms with Gasteiger partial charge in [0.15, 0.2) is 0 Å². The maximum absolute atomic E-state index is 13.3. The minimum Gasteiger partial charge on any atom is -0.347 e. The van der Waals surface area contributed by atoms with Gasteiger partial charge in [-0.3, -0.25) is 4.79 Å². The number of benzene rings is 1. The van der Waals surface area contributed by atoms with Crippen LogP contribution >= 0.6 is 11.6 Å². The summed E-state index contributed by atoms with van der Waals surface area (Å²) in [6.45, 7) is 3.05. The van der Waals surface area contributed by atoms with Crippen molar-refractivity contribution in [3.8, 4) is 11.1 Å². The number of hydrogen-bond acceptors (Lipinski definition) is 5. The normalized spacial score (nSPS) is 16.0. The average molecular weight is 439 g/mol. The van der Waals surface area contributed by atoms with Crippen molar-refractivity contribution in [3.63, 3.8) is 0 Å². The van der Waals surface area contributed by atoms with Crippen LogP contribution in [0.5, 0.6) is 0 Å². The Morgan fingerprint density at radius 2 is 2.13 bits per heavy atom. The molecule has 0 N–H and O–H groups in total. The zero-order valence-corrected chi connectivity index (χ0v) is 18.9. The molecule has 3 heterocycles. The lowest BCUT2D eigenvalue weighted by Gasteiger charge is -2.27. The van der Waals surface area contributed by atoms with E-state index >= 15 is 0 Å². The molecule has 0 spiro atoms. The van der Waals surface area contributed by atoms with Gasteiger partial charge in [0.25, 0.3) is 0 Å². The molecule has 162 valence electrons. The van der Waals surface area contributed by atoms with E-state index in [0.717, 1.165) is 48.5 Å². The van der Waals surface area contributed by atoms with Crippen LogP contribution in [0.3, 0.4) is 0 Å². The first-order valence-electron chi connectivity index (χ1n) is 10.6. The molecule has 3 aromatic rings. The highest BCUT2D eigenvalue weighted by Gasteiger charge is 2.33. The van der Waals surface area contributed by atoms with Gasteiger partial charge < -0.3 is 14.4 Å². The molecule has 2 aromatic heterocycles. The van der Waals surface area contributed by atoms with Crippen LogP contribution in [-0.2, 0) is 17.8 Å². The van der Waals surface area contributed by atoms with E-state index in [1.165, 1.54) is 0 Å². The topological polar surface area (TPSA) is 67.2 Å². The van der Waals surface area contributed by atoms with Crippen LogP contribution in [0.4, 0.5) is 5.95 Å². The van der Waals surface area contributed by atoms with Crippen molar-refractivity contribution in [1.82, 2.24) is 24.4 Å². The van der Waals surface area contributed by atoms with Crippen LogP contribution in [0, 0.1) is 0 Å². The summed E-state index contributed by atoms with van der Waals surface area (Å²) in [4.78, 5) is 30.9. The molecule has 1 saturated heterocycles. The molecule has 1 fully saturated rings. The molecule has 0 bridgehead atoms. The number of imidazole rings is 1. The Bertz CT molecular complexity index is 1080.